The molecule has 1 saturated heterocycles. The molecule has 0 atom stereocenters. The first-order chi connectivity index (χ1) is 9.93. The Labute approximate surface area is 125 Å². The van der Waals surface area contributed by atoms with Gasteiger partial charge in [-0.2, -0.15) is 0 Å². The van der Waals surface area contributed by atoms with Crippen molar-refractivity contribution in [2.24, 2.45) is 10.4 Å². The molecular weight excluding hydrogens is 272 g/mol. The number of hydrogen-bond donors (Lipinski definition) is 1. The second kappa shape index (κ2) is 6.41. The highest BCUT2D eigenvalue weighted by atomic mass is 19.1. The highest BCUT2D eigenvalue weighted by Gasteiger charge is 2.30. The SMILES string of the molecule is CN=C(NCCc1c(F)cccc1F)N1CCC(C)(C)C1. The lowest BCUT2D eigenvalue weighted by Gasteiger charge is -2.23. The van der Waals surface area contributed by atoms with Crippen LogP contribution in [-0.2, 0) is 6.42 Å². The van der Waals surface area contributed by atoms with Gasteiger partial charge in [0.05, 0.1) is 0 Å². The Morgan fingerprint density at radius 3 is 2.52 bits per heavy atom. The van der Waals surface area contributed by atoms with Crippen molar-refractivity contribution in [1.29, 1.82) is 0 Å². The number of aliphatic imine (C=N–C) groups is 1. The molecule has 1 aliphatic heterocycles. The van der Waals surface area contributed by atoms with Crippen LogP contribution < -0.4 is 5.32 Å². The summed E-state index contributed by atoms with van der Waals surface area (Å²) in [5.74, 6) is -0.180. The number of likely N-dealkylation sites (tertiary alicyclic amines) is 1. The Bertz CT molecular complexity index is 506. The molecule has 5 heteroatoms. The molecule has 0 aliphatic carbocycles. The lowest BCUT2D eigenvalue weighted by molar-refractivity contribution is 0.370. The highest BCUT2D eigenvalue weighted by molar-refractivity contribution is 5.80. The maximum absolute atomic E-state index is 13.6. The zero-order valence-electron chi connectivity index (χ0n) is 12.9. The maximum atomic E-state index is 13.6. The minimum absolute atomic E-state index is 0.127. The Kier molecular flexibility index (Phi) is 4.80. The van der Waals surface area contributed by atoms with Crippen LogP contribution >= 0.6 is 0 Å². The van der Waals surface area contributed by atoms with Gasteiger partial charge in [0.25, 0.3) is 0 Å². The van der Waals surface area contributed by atoms with Crippen molar-refractivity contribution in [3.05, 3.63) is 35.4 Å². The Morgan fingerprint density at radius 2 is 2.00 bits per heavy atom. The van der Waals surface area contributed by atoms with E-state index in [0.717, 1.165) is 25.5 Å². The van der Waals surface area contributed by atoms with Gasteiger partial charge in [-0.15, -0.1) is 0 Å². The standard InChI is InChI=1S/C16H23F2N3/c1-16(2)8-10-21(11-16)15(19-3)20-9-7-12-13(17)5-4-6-14(12)18/h4-6H,7-11H2,1-3H3,(H,19,20). The lowest BCUT2D eigenvalue weighted by atomic mass is 9.93. The third-order valence-corrected chi connectivity index (χ3v) is 3.91. The zero-order chi connectivity index (χ0) is 15.5. The van der Waals surface area contributed by atoms with Crippen molar-refractivity contribution >= 4 is 5.96 Å². The summed E-state index contributed by atoms with van der Waals surface area (Å²) in [6.07, 6.45) is 1.42. The fourth-order valence-corrected chi connectivity index (χ4v) is 2.70. The summed E-state index contributed by atoms with van der Waals surface area (Å²) in [6.45, 7) is 6.83. The van der Waals surface area contributed by atoms with Crippen molar-refractivity contribution in [2.75, 3.05) is 26.7 Å². The number of halogens is 2. The van der Waals surface area contributed by atoms with Crippen LogP contribution in [-0.4, -0.2) is 37.5 Å². The lowest BCUT2D eigenvalue weighted by Crippen LogP contribution is -2.41. The van der Waals surface area contributed by atoms with E-state index in [1.807, 2.05) is 0 Å². The van der Waals surface area contributed by atoms with Crippen LogP contribution in [0.4, 0.5) is 8.78 Å². The molecule has 0 radical (unpaired) electrons. The maximum Gasteiger partial charge on any atom is 0.193 e. The third kappa shape index (κ3) is 3.93. The molecule has 1 N–H and O–H groups in total. The molecule has 1 aliphatic rings. The van der Waals surface area contributed by atoms with Gasteiger partial charge in [0.1, 0.15) is 11.6 Å². The number of benzene rings is 1. The van der Waals surface area contributed by atoms with E-state index in [4.69, 9.17) is 0 Å². The molecule has 0 bridgehead atoms. The van der Waals surface area contributed by atoms with Crippen LogP contribution in [0.5, 0.6) is 0 Å². The minimum Gasteiger partial charge on any atom is -0.356 e. The Hall–Kier alpha value is -1.65. The quantitative estimate of drug-likeness (QED) is 0.686. The van der Waals surface area contributed by atoms with Gasteiger partial charge < -0.3 is 10.2 Å². The first-order valence-corrected chi connectivity index (χ1v) is 7.31. The molecule has 0 amide bonds. The summed E-state index contributed by atoms with van der Waals surface area (Å²) < 4.78 is 27.1. The average molecular weight is 295 g/mol. The molecule has 0 aromatic heterocycles. The molecule has 0 unspecified atom stereocenters. The summed E-state index contributed by atoms with van der Waals surface area (Å²) in [6, 6.07) is 3.96. The molecule has 1 fully saturated rings. The van der Waals surface area contributed by atoms with Gasteiger partial charge in [0.15, 0.2) is 5.96 Å². The Balaban J connectivity index is 1.90. The third-order valence-electron chi connectivity index (χ3n) is 3.91. The van der Waals surface area contributed by atoms with Gasteiger partial charge in [-0.25, -0.2) is 8.78 Å². The smallest absolute Gasteiger partial charge is 0.193 e. The topological polar surface area (TPSA) is 27.6 Å². The summed E-state index contributed by atoms with van der Waals surface area (Å²) in [5, 5.41) is 3.19. The van der Waals surface area contributed by atoms with E-state index >= 15 is 0 Å². The van der Waals surface area contributed by atoms with Gasteiger partial charge in [-0.3, -0.25) is 4.99 Å². The van der Waals surface area contributed by atoms with Crippen LogP contribution in [0.2, 0.25) is 0 Å². The van der Waals surface area contributed by atoms with E-state index in [1.165, 1.54) is 18.2 Å². The average Bonchev–Trinajstić information content (AvgIpc) is 2.78. The van der Waals surface area contributed by atoms with Crippen LogP contribution in [0.1, 0.15) is 25.8 Å². The van der Waals surface area contributed by atoms with Gasteiger partial charge in [0, 0.05) is 32.2 Å². The van der Waals surface area contributed by atoms with Crippen molar-refractivity contribution < 1.29 is 8.78 Å². The normalized spacial score (nSPS) is 18.1. The van der Waals surface area contributed by atoms with Crippen molar-refractivity contribution in [2.45, 2.75) is 26.7 Å². The summed E-state index contributed by atoms with van der Waals surface area (Å²) in [4.78, 5) is 6.45. The van der Waals surface area contributed by atoms with Crippen molar-refractivity contribution in [1.82, 2.24) is 10.2 Å². The predicted octanol–water partition coefficient (Wildman–Crippen LogP) is 2.81. The van der Waals surface area contributed by atoms with Gasteiger partial charge >= 0.3 is 0 Å². The van der Waals surface area contributed by atoms with E-state index in [-0.39, 0.29) is 11.0 Å². The van der Waals surface area contributed by atoms with E-state index in [2.05, 4.69) is 29.1 Å². The van der Waals surface area contributed by atoms with E-state index < -0.39 is 11.6 Å². The second-order valence-electron chi connectivity index (χ2n) is 6.26. The molecule has 1 aromatic rings. The van der Waals surface area contributed by atoms with Crippen LogP contribution in [0.15, 0.2) is 23.2 Å². The fourth-order valence-electron chi connectivity index (χ4n) is 2.70. The van der Waals surface area contributed by atoms with E-state index in [9.17, 15) is 8.78 Å². The predicted molar refractivity (Wildman–Crippen MR) is 81.4 cm³/mol. The number of rotatable bonds is 3. The molecule has 116 valence electrons. The van der Waals surface area contributed by atoms with Crippen LogP contribution in [0.3, 0.4) is 0 Å². The molecule has 1 heterocycles. The van der Waals surface area contributed by atoms with Crippen LogP contribution in [0.25, 0.3) is 0 Å². The molecule has 1 aromatic carbocycles. The van der Waals surface area contributed by atoms with E-state index in [0.29, 0.717) is 13.0 Å². The first kappa shape index (κ1) is 15.7. The van der Waals surface area contributed by atoms with Gasteiger partial charge in [-0.1, -0.05) is 19.9 Å². The molecule has 2 rings (SSSR count). The first-order valence-electron chi connectivity index (χ1n) is 7.31. The number of nitrogens with one attached hydrogen (secondary N) is 1. The molecule has 0 saturated carbocycles. The Morgan fingerprint density at radius 1 is 1.33 bits per heavy atom. The number of hydrogen-bond acceptors (Lipinski definition) is 1. The van der Waals surface area contributed by atoms with Crippen molar-refractivity contribution in [3.63, 3.8) is 0 Å². The van der Waals surface area contributed by atoms with Crippen molar-refractivity contribution in [3.8, 4) is 0 Å². The molecule has 3 nitrogen and oxygen atoms in total. The summed E-state index contributed by atoms with van der Waals surface area (Å²) >= 11 is 0. The van der Waals surface area contributed by atoms with Gasteiger partial charge in [-0.05, 0) is 30.4 Å². The highest BCUT2D eigenvalue weighted by Crippen LogP contribution is 2.28. The fraction of sp³-hybridized carbons (Fsp3) is 0.562. The minimum atomic E-state index is -0.492. The van der Waals surface area contributed by atoms with Gasteiger partial charge in [0.2, 0.25) is 0 Å². The second-order valence-corrected chi connectivity index (χ2v) is 6.26. The zero-order valence-corrected chi connectivity index (χ0v) is 12.9. The number of guanidine groups is 1. The summed E-state index contributed by atoms with van der Waals surface area (Å²) in [5.41, 5.74) is 0.414. The number of nitrogens with zero attached hydrogens (tertiary/aromatic N) is 2. The van der Waals surface area contributed by atoms with E-state index in [1.54, 1.807) is 7.05 Å². The molecule has 0 spiro atoms. The van der Waals surface area contributed by atoms with Crippen LogP contribution in [0, 0.1) is 17.0 Å². The molecule has 21 heavy (non-hydrogen) atoms. The monoisotopic (exact) mass is 295 g/mol. The summed E-state index contributed by atoms with van der Waals surface area (Å²) in [7, 11) is 1.73. The molecular formula is C16H23F2N3. The largest absolute Gasteiger partial charge is 0.356 e.